The van der Waals surface area contributed by atoms with Gasteiger partial charge in [0.25, 0.3) is 5.91 Å². The van der Waals surface area contributed by atoms with Crippen molar-refractivity contribution < 1.29 is 19.5 Å². The number of aliphatic carboxylic acids is 1. The second-order valence-corrected chi connectivity index (χ2v) is 10.6. The lowest BCUT2D eigenvalue weighted by Gasteiger charge is -2.40. The Morgan fingerprint density at radius 2 is 1.61 bits per heavy atom. The van der Waals surface area contributed by atoms with Crippen LogP contribution in [0.5, 0.6) is 0 Å². The van der Waals surface area contributed by atoms with Gasteiger partial charge in [-0.05, 0) is 67.1 Å². The van der Waals surface area contributed by atoms with E-state index in [2.05, 4.69) is 5.32 Å². The quantitative estimate of drug-likeness (QED) is 0.262. The SMILES string of the molecule is CC(C)(C(=O)N1CCC(CC(=O)O)CC1)[C@H](NC(=O)c1ccc(C(=N)N)cc1)c1ccc2ccccc2c1. The van der Waals surface area contributed by atoms with Gasteiger partial charge >= 0.3 is 5.97 Å². The van der Waals surface area contributed by atoms with Crippen LogP contribution in [-0.4, -0.2) is 46.7 Å². The number of nitrogens with two attached hydrogens (primary N) is 1. The predicted octanol–water partition coefficient (Wildman–Crippen LogP) is 4.33. The molecule has 1 saturated heterocycles. The van der Waals surface area contributed by atoms with Gasteiger partial charge in [-0.3, -0.25) is 19.8 Å². The van der Waals surface area contributed by atoms with Crippen molar-refractivity contribution >= 4 is 34.4 Å². The molecule has 3 aromatic carbocycles. The number of fused-ring (bicyclic) bond motifs is 1. The number of hydrogen-bond donors (Lipinski definition) is 4. The summed E-state index contributed by atoms with van der Waals surface area (Å²) in [4.78, 5) is 40.2. The fraction of sp³-hybridized carbons (Fsp3) is 0.333. The van der Waals surface area contributed by atoms with Crippen LogP contribution in [0.1, 0.15) is 60.6 Å². The first-order chi connectivity index (χ1) is 18.1. The van der Waals surface area contributed by atoms with Gasteiger partial charge < -0.3 is 21.1 Å². The first kappa shape index (κ1) is 26.9. The zero-order valence-corrected chi connectivity index (χ0v) is 21.7. The van der Waals surface area contributed by atoms with Crippen LogP contribution in [-0.2, 0) is 9.59 Å². The van der Waals surface area contributed by atoms with Crippen LogP contribution in [0.3, 0.4) is 0 Å². The summed E-state index contributed by atoms with van der Waals surface area (Å²) < 4.78 is 0. The van der Waals surface area contributed by atoms with Crippen LogP contribution in [0.4, 0.5) is 0 Å². The van der Waals surface area contributed by atoms with E-state index in [0.29, 0.717) is 37.1 Å². The van der Waals surface area contributed by atoms with Gasteiger partial charge in [-0.15, -0.1) is 0 Å². The number of benzene rings is 3. The maximum atomic E-state index is 13.9. The van der Waals surface area contributed by atoms with Crippen molar-refractivity contribution in [1.82, 2.24) is 10.2 Å². The molecule has 2 amide bonds. The molecule has 1 aliphatic rings. The molecular formula is C30H34N4O4. The van der Waals surface area contributed by atoms with Gasteiger partial charge in [0.05, 0.1) is 11.5 Å². The zero-order chi connectivity index (χ0) is 27.4. The number of carboxylic acids is 1. The standard InChI is InChI=1S/C30H34N4O4/c1-30(2,29(38)34-15-13-19(14-16-34)17-25(35)36)26(24-12-7-20-5-3-4-6-23(20)18-24)33-28(37)22-10-8-21(9-11-22)27(31)32/h3-12,18-19,26H,13-17H2,1-2H3,(H3,31,32)(H,33,37)(H,35,36)/t26-/m1/s1. The highest BCUT2D eigenvalue weighted by Crippen LogP contribution is 2.38. The summed E-state index contributed by atoms with van der Waals surface area (Å²) in [6.07, 6.45) is 1.40. The molecule has 0 aromatic heterocycles. The molecule has 8 nitrogen and oxygen atoms in total. The lowest BCUT2D eigenvalue weighted by Crippen LogP contribution is -2.51. The van der Waals surface area contributed by atoms with E-state index in [0.717, 1.165) is 16.3 Å². The Bertz CT molecular complexity index is 1360. The molecule has 4 rings (SSSR count). The van der Waals surface area contributed by atoms with Crippen molar-refractivity contribution in [3.8, 4) is 0 Å². The van der Waals surface area contributed by atoms with Gasteiger partial charge in [-0.2, -0.15) is 0 Å². The second-order valence-electron chi connectivity index (χ2n) is 10.6. The van der Waals surface area contributed by atoms with Crippen molar-refractivity contribution in [2.24, 2.45) is 17.1 Å². The van der Waals surface area contributed by atoms with Crippen LogP contribution < -0.4 is 11.1 Å². The lowest BCUT2D eigenvalue weighted by atomic mass is 9.77. The predicted molar refractivity (Wildman–Crippen MR) is 147 cm³/mol. The molecule has 1 fully saturated rings. The smallest absolute Gasteiger partial charge is 0.303 e. The van der Waals surface area contributed by atoms with Crippen molar-refractivity contribution in [2.45, 2.75) is 39.2 Å². The summed E-state index contributed by atoms with van der Waals surface area (Å²) in [5.74, 6) is -1.25. The fourth-order valence-corrected chi connectivity index (χ4v) is 5.20. The third-order valence-corrected chi connectivity index (χ3v) is 7.48. The molecule has 0 aliphatic carbocycles. The van der Waals surface area contributed by atoms with Crippen LogP contribution >= 0.6 is 0 Å². The molecule has 1 heterocycles. The normalized spacial score (nSPS) is 15.2. The van der Waals surface area contributed by atoms with Crippen molar-refractivity contribution in [3.05, 3.63) is 83.4 Å². The summed E-state index contributed by atoms with van der Waals surface area (Å²) in [6.45, 7) is 4.67. The van der Waals surface area contributed by atoms with Crippen LogP contribution in [0.25, 0.3) is 10.8 Å². The second kappa shape index (κ2) is 11.0. The Hall–Kier alpha value is -4.20. The van der Waals surface area contributed by atoms with Gasteiger partial charge in [0.2, 0.25) is 5.91 Å². The number of nitrogen functional groups attached to an aromatic ring is 1. The minimum Gasteiger partial charge on any atom is -0.481 e. The highest BCUT2D eigenvalue weighted by atomic mass is 16.4. The highest BCUT2D eigenvalue weighted by molar-refractivity contribution is 5.98. The van der Waals surface area contributed by atoms with E-state index in [4.69, 9.17) is 16.2 Å². The third kappa shape index (κ3) is 5.85. The molecule has 3 aromatic rings. The Balaban J connectivity index is 1.63. The molecular weight excluding hydrogens is 480 g/mol. The van der Waals surface area contributed by atoms with Crippen molar-refractivity contribution in [2.75, 3.05) is 13.1 Å². The summed E-state index contributed by atoms with van der Waals surface area (Å²) >= 11 is 0. The van der Waals surface area contributed by atoms with Gasteiger partial charge in [0, 0.05) is 30.6 Å². The molecule has 5 N–H and O–H groups in total. The Kier molecular flexibility index (Phi) is 7.80. The van der Waals surface area contributed by atoms with E-state index < -0.39 is 17.4 Å². The molecule has 8 heteroatoms. The van der Waals surface area contributed by atoms with Crippen LogP contribution in [0.15, 0.2) is 66.7 Å². The summed E-state index contributed by atoms with van der Waals surface area (Å²) in [5, 5.41) is 21.9. The average molecular weight is 515 g/mol. The molecule has 38 heavy (non-hydrogen) atoms. The number of amides is 2. The molecule has 1 aliphatic heterocycles. The van der Waals surface area contributed by atoms with E-state index in [1.807, 2.05) is 56.3 Å². The van der Waals surface area contributed by atoms with E-state index in [1.165, 1.54) is 0 Å². The molecule has 0 spiro atoms. The first-order valence-electron chi connectivity index (χ1n) is 12.8. The van der Waals surface area contributed by atoms with Gasteiger partial charge in [-0.25, -0.2) is 0 Å². The highest BCUT2D eigenvalue weighted by Gasteiger charge is 2.42. The van der Waals surface area contributed by atoms with E-state index in [9.17, 15) is 14.4 Å². The number of hydrogen-bond acceptors (Lipinski definition) is 4. The summed E-state index contributed by atoms with van der Waals surface area (Å²) in [5.41, 5.74) is 6.30. The molecule has 0 radical (unpaired) electrons. The van der Waals surface area contributed by atoms with E-state index >= 15 is 0 Å². The third-order valence-electron chi connectivity index (χ3n) is 7.48. The van der Waals surface area contributed by atoms with Crippen LogP contribution in [0, 0.1) is 16.7 Å². The monoisotopic (exact) mass is 514 g/mol. The van der Waals surface area contributed by atoms with Gasteiger partial charge in [0.1, 0.15) is 5.84 Å². The molecule has 0 unspecified atom stereocenters. The number of rotatable bonds is 8. The number of carboxylic acid groups (broad SMARTS) is 1. The number of nitrogens with one attached hydrogen (secondary N) is 2. The van der Waals surface area contributed by atoms with Crippen molar-refractivity contribution in [3.63, 3.8) is 0 Å². The number of nitrogens with zero attached hydrogens (tertiary/aromatic N) is 1. The zero-order valence-electron chi connectivity index (χ0n) is 21.7. The first-order valence-corrected chi connectivity index (χ1v) is 12.8. The number of amidine groups is 1. The summed E-state index contributed by atoms with van der Waals surface area (Å²) in [6, 6.07) is 19.7. The Morgan fingerprint density at radius 1 is 1.00 bits per heavy atom. The molecule has 0 bridgehead atoms. The number of carbonyl (C=O) groups is 3. The lowest BCUT2D eigenvalue weighted by molar-refractivity contribution is -0.144. The fourth-order valence-electron chi connectivity index (χ4n) is 5.20. The van der Waals surface area contributed by atoms with Crippen LogP contribution in [0.2, 0.25) is 0 Å². The van der Waals surface area contributed by atoms with E-state index in [-0.39, 0.29) is 30.0 Å². The maximum absolute atomic E-state index is 13.9. The average Bonchev–Trinajstić information content (AvgIpc) is 2.91. The minimum atomic E-state index is -0.989. The Morgan fingerprint density at radius 3 is 2.21 bits per heavy atom. The molecule has 0 saturated carbocycles. The number of likely N-dealkylation sites (tertiary alicyclic amines) is 1. The van der Waals surface area contributed by atoms with Crippen molar-refractivity contribution in [1.29, 1.82) is 5.41 Å². The summed E-state index contributed by atoms with van der Waals surface area (Å²) in [7, 11) is 0. The minimum absolute atomic E-state index is 0.0635. The van der Waals surface area contributed by atoms with Gasteiger partial charge in [-0.1, -0.05) is 48.5 Å². The number of carbonyl (C=O) groups excluding carboxylic acids is 2. The number of piperidine rings is 1. The largest absolute Gasteiger partial charge is 0.481 e. The topological polar surface area (TPSA) is 137 Å². The maximum Gasteiger partial charge on any atom is 0.303 e. The Labute approximate surface area is 222 Å². The molecule has 1 atom stereocenters. The molecule has 198 valence electrons. The van der Waals surface area contributed by atoms with Gasteiger partial charge in [0.15, 0.2) is 0 Å². The van der Waals surface area contributed by atoms with E-state index in [1.54, 1.807) is 29.2 Å².